The van der Waals surface area contributed by atoms with Gasteiger partial charge in [-0.1, -0.05) is 0 Å². The van der Waals surface area contributed by atoms with Gasteiger partial charge in [0.05, 0.1) is 57.3 Å². The Morgan fingerprint density at radius 2 is 1.00 bits per heavy atom. The minimum absolute atomic E-state index is 0.866. The highest BCUT2D eigenvalue weighted by atomic mass is 16.8. The first-order chi connectivity index (χ1) is 36.0. The van der Waals surface area contributed by atoms with Crippen molar-refractivity contribution in [3.05, 3.63) is 0 Å². The third-order valence-electron chi connectivity index (χ3n) is 13.5. The van der Waals surface area contributed by atoms with Crippen LogP contribution in [0.4, 0.5) is 0 Å². The molecular weight excluding hydrogens is 1060 g/mol. The Bertz CT molecular complexity index is 2000. The number of aliphatic hydroxyl groups excluding tert-OH is 16. The van der Waals surface area contributed by atoms with Crippen LogP contribution in [-0.4, -0.2) is 319 Å². The highest BCUT2D eigenvalue weighted by Gasteiger charge is 2.63. The van der Waals surface area contributed by atoms with Crippen molar-refractivity contribution in [3.63, 3.8) is 0 Å². The molecule has 5 aliphatic rings. The minimum atomic E-state index is -3.48. The molecule has 35 nitrogen and oxygen atoms in total. The van der Waals surface area contributed by atoms with Gasteiger partial charge in [-0.25, -0.2) is 9.59 Å². The summed E-state index contributed by atoms with van der Waals surface area (Å²) in [6, 6.07) is -5.58. The molecule has 27 atom stereocenters. The first-order valence-electron chi connectivity index (χ1n) is 23.9. The zero-order chi connectivity index (χ0) is 57.8. The number of nitrogens with one attached hydrogen (secondary N) is 3. The number of carboxylic acid groups (broad SMARTS) is 2. The molecule has 5 saturated heterocycles. The molecule has 0 aliphatic carbocycles. The van der Waals surface area contributed by atoms with Crippen LogP contribution in [0, 0.1) is 0 Å². The second-order valence-electron chi connectivity index (χ2n) is 19.0. The Morgan fingerprint density at radius 3 is 1.49 bits per heavy atom. The molecule has 0 aromatic carbocycles. The molecule has 5 aliphatic heterocycles. The standard InChI is InChI=1S/C42H69N3O32/c1-11(51)43-21-14(54)4-41(39(65)66,75-33(21)24(57)16(56)6-46)74-19(9-49)27(60)34-22(44-12(2)52)15(55)5-42(76-34,40(67)68)77-35-30(63)36(64)69-20(10-50)31(35)72-37-23(45-13(3)53)32(26(59)18(8-48)70-37)73-38-29(62)28(61)25(58)17(7-47)71-38/h14-38,46-50,54-64H,4-10H2,1-3H3,(H,43,51)(H,44,52)(H,45,53)(H,65,66)(H,67,68)/t14-,15-,16+,17+,18+,19+,20+,21+,22+,23+,24+,25-,26-,27+,28-,29+,30+,31-,32+,33+,34+,35+,36+,37-,38-,41+,42-/m0/s1. The van der Waals surface area contributed by atoms with Crippen LogP contribution >= 0.6 is 0 Å². The lowest BCUT2D eigenvalue weighted by atomic mass is 9.87. The van der Waals surface area contributed by atoms with Gasteiger partial charge in [0.1, 0.15) is 110 Å². The summed E-state index contributed by atoms with van der Waals surface area (Å²) in [4.78, 5) is 63.9. The van der Waals surface area contributed by atoms with Crippen LogP contribution in [0.25, 0.3) is 0 Å². The predicted molar refractivity (Wildman–Crippen MR) is 236 cm³/mol. The minimum Gasteiger partial charge on any atom is -0.477 e. The summed E-state index contributed by atoms with van der Waals surface area (Å²) in [5.74, 6) is -14.0. The van der Waals surface area contributed by atoms with E-state index in [0.29, 0.717) is 0 Å². The van der Waals surface area contributed by atoms with Crippen molar-refractivity contribution in [1.29, 1.82) is 0 Å². The molecule has 21 N–H and O–H groups in total. The number of ether oxygens (including phenoxy) is 9. The SMILES string of the molecule is CC(=O)N[C@H]1[C@H](O[C@@H]2[C@H](O[C@]3(C(=O)O)C[C@H](O)[C@@H](NC(C)=O)[C@H]([C@H](O)[C@@H](CO)O[C@]4(C(=O)O)C[C@H](O)[C@@H](NC(C)=O)[C@H]([C@H](O)[C@H](O)CO)O4)O3)[C@@H](O)[C@H](O)O[C@@H]2CO)O[C@H](CO)[C@H](O)[C@@H]1O[C@@H]1O[C@H](CO)[C@H](O)[C@H](O)[C@H]1O. The van der Waals surface area contributed by atoms with Crippen LogP contribution < -0.4 is 16.0 Å². The van der Waals surface area contributed by atoms with Crippen molar-refractivity contribution in [2.24, 2.45) is 0 Å². The highest BCUT2D eigenvalue weighted by Crippen LogP contribution is 2.41. The lowest BCUT2D eigenvalue weighted by Crippen LogP contribution is -2.72. The highest BCUT2D eigenvalue weighted by molar-refractivity contribution is 5.77. The smallest absolute Gasteiger partial charge is 0.364 e. The number of rotatable bonds is 22. The van der Waals surface area contributed by atoms with Crippen LogP contribution in [-0.2, 0) is 66.6 Å². The van der Waals surface area contributed by atoms with Gasteiger partial charge in [0.2, 0.25) is 17.7 Å². The van der Waals surface area contributed by atoms with E-state index in [0.717, 1.165) is 20.8 Å². The maximum Gasteiger partial charge on any atom is 0.364 e. The molecule has 3 amide bonds. The van der Waals surface area contributed by atoms with Crippen molar-refractivity contribution in [1.82, 2.24) is 16.0 Å². The molecular formula is C42H69N3O32. The first-order valence-corrected chi connectivity index (χ1v) is 23.9. The number of hydrogen-bond donors (Lipinski definition) is 21. The predicted octanol–water partition coefficient (Wildman–Crippen LogP) is -13.1. The maximum atomic E-state index is 13.6. The molecule has 0 aromatic rings. The summed E-state index contributed by atoms with van der Waals surface area (Å²) in [6.07, 6.45) is -50.1. The van der Waals surface area contributed by atoms with E-state index in [2.05, 4.69) is 16.0 Å². The number of hydrogen-bond acceptors (Lipinski definition) is 30. The second-order valence-corrected chi connectivity index (χ2v) is 19.0. The molecule has 5 heterocycles. The molecule has 35 heteroatoms. The fourth-order valence-electron chi connectivity index (χ4n) is 9.64. The van der Waals surface area contributed by atoms with Crippen molar-refractivity contribution >= 4 is 29.7 Å². The van der Waals surface area contributed by atoms with Crippen LogP contribution in [0.15, 0.2) is 0 Å². The summed E-state index contributed by atoms with van der Waals surface area (Å²) in [5, 5.41) is 200. The average Bonchev–Trinajstić information content (AvgIpc) is 3.39. The summed E-state index contributed by atoms with van der Waals surface area (Å²) >= 11 is 0. The van der Waals surface area contributed by atoms with E-state index in [4.69, 9.17) is 42.6 Å². The second kappa shape index (κ2) is 26.7. The Hall–Kier alpha value is -3.65. The summed E-state index contributed by atoms with van der Waals surface area (Å²) < 4.78 is 51.3. The van der Waals surface area contributed by atoms with Gasteiger partial charge in [0.25, 0.3) is 11.6 Å². The molecule has 0 saturated carbocycles. The number of carbonyl (C=O) groups excluding carboxylic acids is 3. The van der Waals surface area contributed by atoms with Crippen molar-refractivity contribution in [3.8, 4) is 0 Å². The third kappa shape index (κ3) is 13.9. The topological polar surface area (TPSA) is 569 Å². The number of aliphatic carboxylic acids is 2. The van der Waals surface area contributed by atoms with Crippen LogP contribution in [0.3, 0.4) is 0 Å². The molecule has 5 rings (SSSR count). The van der Waals surface area contributed by atoms with Crippen LogP contribution in [0.5, 0.6) is 0 Å². The third-order valence-corrected chi connectivity index (χ3v) is 13.5. The lowest BCUT2D eigenvalue weighted by Gasteiger charge is -2.52. The summed E-state index contributed by atoms with van der Waals surface area (Å²) in [7, 11) is 0. The van der Waals surface area contributed by atoms with Gasteiger partial charge in [-0.05, 0) is 0 Å². The van der Waals surface area contributed by atoms with Gasteiger partial charge >= 0.3 is 11.9 Å². The Morgan fingerprint density at radius 1 is 0.532 bits per heavy atom. The summed E-state index contributed by atoms with van der Waals surface area (Å²) in [6.45, 7) is -3.14. The summed E-state index contributed by atoms with van der Waals surface area (Å²) in [5.41, 5.74) is 0. The van der Waals surface area contributed by atoms with Crippen LogP contribution in [0.1, 0.15) is 33.6 Å². The molecule has 0 radical (unpaired) electrons. The van der Waals surface area contributed by atoms with Gasteiger partial charge in [-0.2, -0.15) is 0 Å². The lowest BCUT2D eigenvalue weighted by molar-refractivity contribution is -0.391. The number of carbonyl (C=O) groups is 5. The molecule has 77 heavy (non-hydrogen) atoms. The zero-order valence-electron chi connectivity index (χ0n) is 41.1. The number of amides is 3. The van der Waals surface area contributed by atoms with E-state index < -0.39 is 240 Å². The van der Waals surface area contributed by atoms with Crippen molar-refractivity contribution < 1.29 is 159 Å². The molecule has 444 valence electrons. The fraction of sp³-hybridized carbons (Fsp3) is 0.881. The van der Waals surface area contributed by atoms with E-state index in [1.807, 2.05) is 0 Å². The largest absolute Gasteiger partial charge is 0.477 e. The Kier molecular flexibility index (Phi) is 22.3. The van der Waals surface area contributed by atoms with Crippen molar-refractivity contribution in [2.45, 2.75) is 198 Å². The first kappa shape index (κ1) is 64.2. The Balaban J connectivity index is 1.55. The quantitative estimate of drug-likeness (QED) is 0.0479. The molecule has 0 unspecified atom stereocenters. The van der Waals surface area contributed by atoms with Gasteiger partial charge in [-0.3, -0.25) is 14.4 Å². The zero-order valence-corrected chi connectivity index (χ0v) is 41.1. The van der Waals surface area contributed by atoms with Gasteiger partial charge in [0, 0.05) is 33.6 Å². The molecule has 0 spiro atoms. The number of carboxylic acids is 2. The van der Waals surface area contributed by atoms with E-state index in [9.17, 15) is 116 Å². The van der Waals surface area contributed by atoms with Crippen molar-refractivity contribution in [2.75, 3.05) is 33.0 Å². The fourth-order valence-corrected chi connectivity index (χ4v) is 9.64. The van der Waals surface area contributed by atoms with E-state index in [1.54, 1.807) is 0 Å². The van der Waals surface area contributed by atoms with E-state index in [-0.39, 0.29) is 0 Å². The van der Waals surface area contributed by atoms with E-state index in [1.165, 1.54) is 0 Å². The van der Waals surface area contributed by atoms with Crippen LogP contribution in [0.2, 0.25) is 0 Å². The normalized spacial score (nSPS) is 43.2. The average molecular weight is 1130 g/mol. The van der Waals surface area contributed by atoms with Gasteiger partial charge in [-0.15, -0.1) is 0 Å². The molecule has 0 aromatic heterocycles. The van der Waals surface area contributed by atoms with E-state index >= 15 is 0 Å². The number of aliphatic hydroxyl groups is 16. The molecule has 5 fully saturated rings. The van der Waals surface area contributed by atoms with Gasteiger partial charge in [0.15, 0.2) is 18.9 Å². The molecule has 0 bridgehead atoms. The monoisotopic (exact) mass is 1130 g/mol. The Labute approximate surface area is 434 Å². The maximum absolute atomic E-state index is 13.6. The van der Waals surface area contributed by atoms with Gasteiger partial charge < -0.3 is 150 Å².